The smallest absolute Gasteiger partial charge is 0.315 e. The molecule has 1 heterocycles. The number of hydrogen-bond donors (Lipinski definition) is 2. The molecule has 0 fully saturated rings. The Morgan fingerprint density at radius 1 is 0.880 bits per heavy atom. The summed E-state index contributed by atoms with van der Waals surface area (Å²) in [5, 5.41) is 13.9. The molecule has 0 bridgehead atoms. The number of aryl methyl sites for hydroxylation is 1. The van der Waals surface area contributed by atoms with Crippen LogP contribution in [0.5, 0.6) is 0 Å². The molecule has 1 aromatic heterocycles. The summed E-state index contributed by atoms with van der Waals surface area (Å²) in [4.78, 5) is 24.5. The zero-order valence-corrected chi connectivity index (χ0v) is 14.3. The molecule has 0 atom stereocenters. The molecule has 3 rings (SSSR count). The number of carbonyl (C=O) groups is 2. The molecule has 0 saturated carbocycles. The predicted octanol–water partition coefficient (Wildman–Crippen LogP) is 2.69. The van der Waals surface area contributed by atoms with Gasteiger partial charge in [0.1, 0.15) is 5.01 Å². The third-order valence-electron chi connectivity index (χ3n) is 3.49. The van der Waals surface area contributed by atoms with Crippen LogP contribution in [-0.2, 0) is 9.59 Å². The summed E-state index contributed by atoms with van der Waals surface area (Å²) in [6, 6.07) is 18.6. The Bertz CT molecular complexity index is 826. The minimum atomic E-state index is -0.770. The van der Waals surface area contributed by atoms with E-state index in [-0.39, 0.29) is 0 Å². The van der Waals surface area contributed by atoms with Crippen molar-refractivity contribution in [2.75, 3.05) is 5.32 Å². The van der Waals surface area contributed by atoms with Gasteiger partial charge in [0.2, 0.25) is 5.13 Å². The first-order chi connectivity index (χ1) is 12.1. The van der Waals surface area contributed by atoms with Gasteiger partial charge in [-0.15, -0.1) is 10.2 Å². The van der Waals surface area contributed by atoms with Crippen LogP contribution in [0.4, 0.5) is 5.13 Å². The number of hydrogen-bond acceptors (Lipinski definition) is 5. The Morgan fingerprint density at radius 2 is 1.44 bits per heavy atom. The molecule has 0 aliphatic rings. The van der Waals surface area contributed by atoms with Crippen LogP contribution >= 0.6 is 11.3 Å². The van der Waals surface area contributed by atoms with Gasteiger partial charge in [0.15, 0.2) is 0 Å². The molecule has 25 heavy (non-hydrogen) atoms. The fourth-order valence-corrected chi connectivity index (χ4v) is 2.93. The fourth-order valence-electron chi connectivity index (χ4n) is 2.35. The molecule has 0 aliphatic heterocycles. The van der Waals surface area contributed by atoms with Gasteiger partial charge in [0.05, 0.1) is 6.04 Å². The summed E-state index contributed by atoms with van der Waals surface area (Å²) >= 11 is 1.21. The van der Waals surface area contributed by atoms with Crippen molar-refractivity contribution in [3.05, 3.63) is 76.8 Å². The average molecular weight is 352 g/mol. The molecule has 0 radical (unpaired) electrons. The zero-order valence-electron chi connectivity index (χ0n) is 13.5. The number of benzene rings is 2. The van der Waals surface area contributed by atoms with E-state index in [0.29, 0.717) is 10.1 Å². The molecule has 3 aromatic rings. The number of rotatable bonds is 4. The lowest BCUT2D eigenvalue weighted by Crippen LogP contribution is -2.38. The van der Waals surface area contributed by atoms with Crippen LogP contribution in [0.3, 0.4) is 0 Å². The van der Waals surface area contributed by atoms with Crippen LogP contribution in [0.2, 0.25) is 0 Å². The van der Waals surface area contributed by atoms with Gasteiger partial charge < -0.3 is 5.32 Å². The van der Waals surface area contributed by atoms with Crippen LogP contribution < -0.4 is 10.6 Å². The predicted molar refractivity (Wildman–Crippen MR) is 96.1 cm³/mol. The molecule has 0 saturated heterocycles. The number of aromatic nitrogens is 2. The van der Waals surface area contributed by atoms with Gasteiger partial charge in [-0.25, -0.2) is 0 Å². The normalized spacial score (nSPS) is 10.5. The largest absolute Gasteiger partial charge is 0.337 e. The average Bonchev–Trinajstić information content (AvgIpc) is 3.05. The molecule has 6 nitrogen and oxygen atoms in total. The van der Waals surface area contributed by atoms with Crippen molar-refractivity contribution in [2.45, 2.75) is 13.0 Å². The molecule has 2 amide bonds. The van der Waals surface area contributed by atoms with Gasteiger partial charge in [-0.2, -0.15) is 0 Å². The van der Waals surface area contributed by atoms with E-state index in [2.05, 4.69) is 20.8 Å². The maximum atomic E-state index is 12.3. The molecule has 0 spiro atoms. The second-order valence-corrected chi connectivity index (χ2v) is 6.49. The second-order valence-electron chi connectivity index (χ2n) is 5.31. The minimum Gasteiger partial charge on any atom is -0.337 e. The Morgan fingerprint density at radius 3 is 1.92 bits per heavy atom. The molecule has 126 valence electrons. The maximum Gasteiger partial charge on any atom is 0.315 e. The van der Waals surface area contributed by atoms with Crippen molar-refractivity contribution in [3.63, 3.8) is 0 Å². The summed E-state index contributed by atoms with van der Waals surface area (Å²) in [7, 11) is 0. The van der Waals surface area contributed by atoms with Gasteiger partial charge in [0.25, 0.3) is 0 Å². The monoisotopic (exact) mass is 352 g/mol. The molecule has 2 N–H and O–H groups in total. The lowest BCUT2D eigenvalue weighted by molar-refractivity contribution is -0.136. The van der Waals surface area contributed by atoms with Crippen molar-refractivity contribution in [3.8, 4) is 0 Å². The number of carbonyl (C=O) groups excluding carboxylic acids is 2. The van der Waals surface area contributed by atoms with E-state index in [1.54, 1.807) is 6.92 Å². The summed E-state index contributed by atoms with van der Waals surface area (Å²) in [5.74, 6) is -1.50. The topological polar surface area (TPSA) is 84.0 Å². The molecule has 0 unspecified atom stereocenters. The Kier molecular flexibility index (Phi) is 5.15. The van der Waals surface area contributed by atoms with E-state index in [1.807, 2.05) is 60.7 Å². The molecule has 2 aromatic carbocycles. The Balaban J connectivity index is 1.78. The Hall–Kier alpha value is -3.06. The molecular weight excluding hydrogens is 336 g/mol. The third kappa shape index (κ3) is 4.27. The number of anilines is 1. The number of amides is 2. The van der Waals surface area contributed by atoms with Gasteiger partial charge in [0, 0.05) is 0 Å². The van der Waals surface area contributed by atoms with E-state index in [4.69, 9.17) is 0 Å². The van der Waals surface area contributed by atoms with Crippen molar-refractivity contribution >= 4 is 28.3 Å². The van der Waals surface area contributed by atoms with Crippen LogP contribution in [0.25, 0.3) is 0 Å². The molecule has 0 aliphatic carbocycles. The molecule has 7 heteroatoms. The summed E-state index contributed by atoms with van der Waals surface area (Å²) in [6.45, 7) is 1.77. The molecular formula is C18H16N4O2S. The van der Waals surface area contributed by atoms with Gasteiger partial charge >= 0.3 is 11.8 Å². The first-order valence-corrected chi connectivity index (χ1v) is 8.47. The highest BCUT2D eigenvalue weighted by atomic mass is 32.1. The van der Waals surface area contributed by atoms with E-state index in [0.717, 1.165) is 11.1 Å². The van der Waals surface area contributed by atoms with Crippen LogP contribution in [-0.4, -0.2) is 22.0 Å². The van der Waals surface area contributed by atoms with Crippen molar-refractivity contribution in [1.29, 1.82) is 0 Å². The van der Waals surface area contributed by atoms with E-state index in [9.17, 15) is 9.59 Å². The standard InChI is InChI=1S/C18H16N4O2S/c1-12-21-22-18(25-12)20-17(24)16(23)19-15(13-8-4-2-5-9-13)14-10-6-3-7-11-14/h2-11,15H,1H3,(H,19,23)(H,20,22,24). The van der Waals surface area contributed by atoms with E-state index in [1.165, 1.54) is 11.3 Å². The van der Waals surface area contributed by atoms with Crippen LogP contribution in [0, 0.1) is 6.92 Å². The minimum absolute atomic E-state index is 0.300. The summed E-state index contributed by atoms with van der Waals surface area (Å²) < 4.78 is 0. The zero-order chi connectivity index (χ0) is 17.6. The highest BCUT2D eigenvalue weighted by Gasteiger charge is 2.22. The quantitative estimate of drug-likeness (QED) is 0.707. The van der Waals surface area contributed by atoms with E-state index >= 15 is 0 Å². The number of nitrogens with one attached hydrogen (secondary N) is 2. The van der Waals surface area contributed by atoms with Gasteiger partial charge in [-0.3, -0.25) is 14.9 Å². The van der Waals surface area contributed by atoms with Crippen LogP contribution in [0.15, 0.2) is 60.7 Å². The van der Waals surface area contributed by atoms with Gasteiger partial charge in [-0.1, -0.05) is 72.0 Å². The van der Waals surface area contributed by atoms with Crippen LogP contribution in [0.1, 0.15) is 22.2 Å². The number of nitrogens with zero attached hydrogens (tertiary/aromatic N) is 2. The van der Waals surface area contributed by atoms with E-state index < -0.39 is 17.9 Å². The van der Waals surface area contributed by atoms with Crippen molar-refractivity contribution < 1.29 is 9.59 Å². The van der Waals surface area contributed by atoms with Crippen molar-refractivity contribution in [2.24, 2.45) is 0 Å². The SMILES string of the molecule is Cc1nnc(NC(=O)C(=O)NC(c2ccccc2)c2ccccc2)s1. The lowest BCUT2D eigenvalue weighted by atomic mass is 9.99. The second kappa shape index (κ2) is 7.67. The third-order valence-corrected chi connectivity index (χ3v) is 4.25. The lowest BCUT2D eigenvalue weighted by Gasteiger charge is -2.19. The Labute approximate surface area is 148 Å². The first-order valence-electron chi connectivity index (χ1n) is 7.65. The summed E-state index contributed by atoms with van der Waals surface area (Å²) in [6.07, 6.45) is 0. The van der Waals surface area contributed by atoms with Gasteiger partial charge in [-0.05, 0) is 18.1 Å². The highest BCUT2D eigenvalue weighted by molar-refractivity contribution is 7.15. The van der Waals surface area contributed by atoms with Crippen molar-refractivity contribution in [1.82, 2.24) is 15.5 Å². The fraction of sp³-hybridized carbons (Fsp3) is 0.111. The highest BCUT2D eigenvalue weighted by Crippen LogP contribution is 2.21. The summed E-state index contributed by atoms with van der Waals surface area (Å²) in [5.41, 5.74) is 1.78. The maximum absolute atomic E-state index is 12.3. The first kappa shape index (κ1) is 16.8.